The Morgan fingerprint density at radius 2 is 1.89 bits per heavy atom. The second kappa shape index (κ2) is 11.1. The minimum Gasteiger partial charge on any atom is -0.472 e. The van der Waals surface area contributed by atoms with E-state index in [9.17, 15) is 22.4 Å². The van der Waals surface area contributed by atoms with Crippen molar-refractivity contribution in [1.82, 2.24) is 25.1 Å². The number of nitrogens with one attached hydrogen (secondary N) is 1. The summed E-state index contributed by atoms with van der Waals surface area (Å²) in [6.45, 7) is 6.58. The van der Waals surface area contributed by atoms with Gasteiger partial charge in [-0.15, -0.1) is 13.2 Å². The second-order valence-corrected chi connectivity index (χ2v) is 12.7. The van der Waals surface area contributed by atoms with Crippen molar-refractivity contribution in [3.8, 4) is 22.9 Å². The van der Waals surface area contributed by atoms with Gasteiger partial charge < -0.3 is 29.9 Å². The van der Waals surface area contributed by atoms with Crippen LogP contribution in [0.25, 0.3) is 22.0 Å². The molecule has 15 heteroatoms. The molecule has 4 unspecified atom stereocenters. The first-order valence-corrected chi connectivity index (χ1v) is 15.0. The van der Waals surface area contributed by atoms with E-state index in [0.717, 1.165) is 6.07 Å². The summed E-state index contributed by atoms with van der Waals surface area (Å²) in [7, 11) is 5.64. The number of nitrogens with zero attached hydrogens (tertiary/aromatic N) is 5. The summed E-state index contributed by atoms with van der Waals surface area (Å²) in [5.41, 5.74) is 4.23. The van der Waals surface area contributed by atoms with E-state index >= 15 is 4.39 Å². The molecule has 1 aromatic carbocycles. The van der Waals surface area contributed by atoms with Crippen LogP contribution in [-0.2, 0) is 4.79 Å². The van der Waals surface area contributed by atoms with E-state index in [1.807, 2.05) is 30.8 Å². The van der Waals surface area contributed by atoms with Gasteiger partial charge in [-0.05, 0) is 59.3 Å². The highest BCUT2D eigenvalue weighted by atomic mass is 19.4. The molecule has 5 heterocycles. The molecule has 4 atom stereocenters. The fourth-order valence-electron chi connectivity index (χ4n) is 7.05. The molecular formula is C31H36F5N7O3. The average Bonchev–Trinajstić information content (AvgIpc) is 3.26. The topological polar surface area (TPSA) is 109 Å². The molecular weight excluding hydrogens is 613 g/mol. The maximum atomic E-state index is 16.7. The molecule has 3 aliphatic heterocycles. The number of fused-ring (bicyclic) bond motifs is 5. The molecule has 248 valence electrons. The zero-order chi connectivity index (χ0) is 33.5. The Morgan fingerprint density at radius 1 is 1.17 bits per heavy atom. The van der Waals surface area contributed by atoms with Crippen LogP contribution < -0.4 is 25.4 Å². The molecule has 0 aliphatic carbocycles. The lowest BCUT2D eigenvalue weighted by Crippen LogP contribution is -2.71. The normalized spacial score (nSPS) is 23.7. The summed E-state index contributed by atoms with van der Waals surface area (Å²) in [6.07, 6.45) is -4.61. The van der Waals surface area contributed by atoms with Gasteiger partial charge in [0.2, 0.25) is 11.8 Å². The largest absolute Gasteiger partial charge is 0.573 e. The summed E-state index contributed by atoms with van der Waals surface area (Å²) < 4.78 is 82.1. The van der Waals surface area contributed by atoms with Crippen molar-refractivity contribution < 1.29 is 36.2 Å². The smallest absolute Gasteiger partial charge is 0.472 e. The van der Waals surface area contributed by atoms with E-state index in [1.54, 1.807) is 25.8 Å². The van der Waals surface area contributed by atoms with Crippen molar-refractivity contribution in [2.24, 2.45) is 0 Å². The number of carbonyl (C=O) groups excluding carboxylic acids is 1. The number of carbonyl (C=O) groups is 1. The van der Waals surface area contributed by atoms with Crippen LogP contribution in [0.2, 0.25) is 0 Å². The van der Waals surface area contributed by atoms with Crippen LogP contribution in [-0.4, -0.2) is 96.5 Å². The number of rotatable bonds is 6. The highest BCUT2D eigenvalue weighted by molar-refractivity contribution is 6.02. The monoisotopic (exact) mass is 649 g/mol. The van der Waals surface area contributed by atoms with E-state index in [2.05, 4.69) is 15.0 Å². The standard InChI is InChI=1S/C31H36F5N7O3/c1-14-15(2)38-27-22-21(14)23(33)24(18-11-17(37)12-19(32)26(18)46-31(34,35)36)39-28(22)45-16(3)25-20-7-8-30(40-20,13-43(25)27)29(44)42(6)10-9-41(4)5/h11-12,16,20,25,40H,7-10,13,37H2,1-6H3. The molecule has 3 N–H and O–H groups in total. The minimum atomic E-state index is -5.28. The number of anilines is 2. The van der Waals surface area contributed by atoms with E-state index in [4.69, 9.17) is 15.5 Å². The van der Waals surface area contributed by atoms with Gasteiger partial charge in [0.05, 0.1) is 17.0 Å². The summed E-state index contributed by atoms with van der Waals surface area (Å²) in [5.74, 6) is -3.49. The van der Waals surface area contributed by atoms with Crippen molar-refractivity contribution in [2.45, 2.75) is 63.7 Å². The van der Waals surface area contributed by atoms with Crippen molar-refractivity contribution in [1.29, 1.82) is 0 Å². The number of halogens is 5. The molecule has 6 rings (SSSR count). The molecule has 3 aliphatic rings. The fourth-order valence-corrected chi connectivity index (χ4v) is 7.05. The Hall–Kier alpha value is -3.98. The number of likely N-dealkylation sites (N-methyl/N-ethyl adjacent to an activating group) is 2. The lowest BCUT2D eigenvalue weighted by atomic mass is 9.92. The SMILES string of the molecule is Cc1nc2c3c(nc(-c4cc(N)cc(F)c4OC(F)(F)F)c(F)c3c1C)OC(C)C1C3CCC(C(=O)N(C)CCN(C)C)(CN21)N3. The minimum absolute atomic E-state index is 0.00509. The van der Waals surface area contributed by atoms with Crippen LogP contribution >= 0.6 is 0 Å². The number of hydrogen-bond donors (Lipinski definition) is 2. The van der Waals surface area contributed by atoms with Gasteiger partial charge in [0.15, 0.2) is 17.4 Å². The van der Waals surface area contributed by atoms with Gasteiger partial charge in [0, 0.05) is 55.6 Å². The molecule has 0 spiro atoms. The number of piperazine rings is 1. The Labute approximate surface area is 262 Å². The number of amides is 1. The molecule has 46 heavy (non-hydrogen) atoms. The van der Waals surface area contributed by atoms with Crippen LogP contribution in [0.4, 0.5) is 33.5 Å². The number of hydrogen-bond acceptors (Lipinski definition) is 9. The summed E-state index contributed by atoms with van der Waals surface area (Å²) in [6, 6.07) is 1.10. The van der Waals surface area contributed by atoms with Gasteiger partial charge in [0.25, 0.3) is 0 Å². The second-order valence-electron chi connectivity index (χ2n) is 12.7. The lowest BCUT2D eigenvalue weighted by molar-refractivity contribution is -0.275. The third-order valence-corrected chi connectivity index (χ3v) is 9.30. The predicted molar refractivity (Wildman–Crippen MR) is 162 cm³/mol. The lowest BCUT2D eigenvalue weighted by Gasteiger charge is -2.48. The zero-order valence-corrected chi connectivity index (χ0v) is 26.4. The van der Waals surface area contributed by atoms with Crippen LogP contribution in [0.5, 0.6) is 11.6 Å². The molecule has 3 aromatic rings. The third-order valence-electron chi connectivity index (χ3n) is 9.30. The highest BCUT2D eigenvalue weighted by Crippen LogP contribution is 2.48. The maximum Gasteiger partial charge on any atom is 0.573 e. The highest BCUT2D eigenvalue weighted by Gasteiger charge is 2.57. The Kier molecular flexibility index (Phi) is 7.70. The molecule has 10 nitrogen and oxygen atoms in total. The predicted octanol–water partition coefficient (Wildman–Crippen LogP) is 4.15. The molecule has 2 bridgehead atoms. The van der Waals surface area contributed by atoms with Crippen molar-refractivity contribution in [3.63, 3.8) is 0 Å². The number of aryl methyl sites for hydroxylation is 2. The van der Waals surface area contributed by atoms with Gasteiger partial charge >= 0.3 is 6.36 Å². The van der Waals surface area contributed by atoms with Crippen molar-refractivity contribution >= 4 is 28.2 Å². The first-order valence-electron chi connectivity index (χ1n) is 15.0. The molecule has 2 fully saturated rings. The van der Waals surface area contributed by atoms with E-state index in [-0.39, 0.29) is 46.9 Å². The van der Waals surface area contributed by atoms with Gasteiger partial charge in [0.1, 0.15) is 23.2 Å². The van der Waals surface area contributed by atoms with Crippen molar-refractivity contribution in [2.75, 3.05) is 51.4 Å². The number of aromatic nitrogens is 2. The summed E-state index contributed by atoms with van der Waals surface area (Å²) in [4.78, 5) is 28.9. The zero-order valence-electron chi connectivity index (χ0n) is 26.4. The van der Waals surface area contributed by atoms with Crippen LogP contribution in [0.15, 0.2) is 12.1 Å². The number of ether oxygens (including phenoxy) is 2. The average molecular weight is 650 g/mol. The fraction of sp³-hybridized carbons (Fsp3) is 0.516. The van der Waals surface area contributed by atoms with Crippen molar-refractivity contribution in [3.05, 3.63) is 35.0 Å². The molecule has 0 saturated carbocycles. The Bertz CT molecular complexity index is 1740. The quantitative estimate of drug-likeness (QED) is 0.301. The third kappa shape index (κ3) is 5.22. The van der Waals surface area contributed by atoms with Crippen LogP contribution in [0.3, 0.4) is 0 Å². The number of nitrogens with two attached hydrogens (primary N) is 1. The number of pyridine rings is 2. The summed E-state index contributed by atoms with van der Waals surface area (Å²) in [5, 5.41) is 3.80. The first-order chi connectivity index (χ1) is 21.5. The number of benzene rings is 1. The molecule has 0 radical (unpaired) electrons. The maximum absolute atomic E-state index is 16.7. The molecule has 2 aromatic heterocycles. The number of alkyl halides is 3. The molecule has 1 amide bonds. The van der Waals surface area contributed by atoms with Crippen LogP contribution in [0, 0.1) is 25.5 Å². The van der Waals surface area contributed by atoms with Gasteiger partial charge in [-0.1, -0.05) is 0 Å². The number of nitrogen functional groups attached to an aromatic ring is 1. The Balaban J connectivity index is 1.54. The van der Waals surface area contributed by atoms with E-state index in [1.165, 1.54) is 0 Å². The van der Waals surface area contributed by atoms with Crippen LogP contribution in [0.1, 0.15) is 31.0 Å². The van der Waals surface area contributed by atoms with Gasteiger partial charge in [-0.3, -0.25) is 10.1 Å². The summed E-state index contributed by atoms with van der Waals surface area (Å²) >= 11 is 0. The molecule has 2 saturated heterocycles. The Morgan fingerprint density at radius 3 is 2.57 bits per heavy atom. The first kappa shape index (κ1) is 32.0. The van der Waals surface area contributed by atoms with E-state index in [0.29, 0.717) is 49.1 Å². The van der Waals surface area contributed by atoms with Gasteiger partial charge in [-0.25, -0.2) is 18.7 Å². The van der Waals surface area contributed by atoms with Gasteiger partial charge in [-0.2, -0.15) is 0 Å². The van der Waals surface area contributed by atoms with E-state index < -0.39 is 46.6 Å².